The molecule has 116 valence electrons. The summed E-state index contributed by atoms with van der Waals surface area (Å²) in [5.74, 6) is 0.140. The van der Waals surface area contributed by atoms with Crippen LogP contribution in [0.25, 0.3) is 0 Å². The van der Waals surface area contributed by atoms with Crippen LogP contribution < -0.4 is 5.73 Å². The Kier molecular flexibility index (Phi) is 5.04. The molecule has 0 radical (unpaired) electrons. The van der Waals surface area contributed by atoms with Crippen molar-refractivity contribution in [3.8, 4) is 0 Å². The highest BCUT2D eigenvalue weighted by molar-refractivity contribution is 5.86. The first kappa shape index (κ1) is 15.7. The van der Waals surface area contributed by atoms with Crippen LogP contribution in [0.4, 0.5) is 0 Å². The summed E-state index contributed by atoms with van der Waals surface area (Å²) in [5.41, 5.74) is 5.73. The van der Waals surface area contributed by atoms with Crippen LogP contribution in [-0.2, 0) is 4.79 Å². The molecule has 1 aliphatic heterocycles. The summed E-state index contributed by atoms with van der Waals surface area (Å²) in [4.78, 5) is 16.9. The summed E-state index contributed by atoms with van der Waals surface area (Å²) >= 11 is 0. The largest absolute Gasteiger partial charge is 0.392 e. The average Bonchev–Trinajstić information content (AvgIpc) is 2.40. The van der Waals surface area contributed by atoms with Crippen LogP contribution in [0.2, 0.25) is 0 Å². The van der Waals surface area contributed by atoms with E-state index in [-0.39, 0.29) is 18.1 Å². The van der Waals surface area contributed by atoms with Gasteiger partial charge in [0.25, 0.3) is 0 Å². The predicted octanol–water partition coefficient (Wildman–Crippen LogP) is 0.562. The zero-order valence-electron chi connectivity index (χ0n) is 12.8. The lowest BCUT2D eigenvalue weighted by atomic mass is 9.81. The van der Waals surface area contributed by atoms with Gasteiger partial charge in [0.15, 0.2) is 0 Å². The Morgan fingerprint density at radius 3 is 2.55 bits per heavy atom. The molecule has 0 bridgehead atoms. The Hall–Kier alpha value is -0.650. The molecule has 2 aliphatic rings. The Labute approximate surface area is 122 Å². The Balaban J connectivity index is 1.93. The molecule has 0 aromatic heterocycles. The van der Waals surface area contributed by atoms with E-state index in [4.69, 9.17) is 5.73 Å². The number of rotatable bonds is 3. The minimum atomic E-state index is -0.621. The minimum Gasteiger partial charge on any atom is -0.392 e. The number of carbonyl (C=O) groups excluding carboxylic acids is 1. The topological polar surface area (TPSA) is 69.8 Å². The molecule has 1 aliphatic carbocycles. The van der Waals surface area contributed by atoms with E-state index in [1.165, 1.54) is 6.42 Å². The second-order valence-electron chi connectivity index (χ2n) is 6.66. The number of hydrogen-bond donors (Lipinski definition) is 2. The highest BCUT2D eigenvalue weighted by atomic mass is 16.3. The van der Waals surface area contributed by atoms with Crippen LogP contribution in [0.5, 0.6) is 0 Å². The summed E-state index contributed by atoms with van der Waals surface area (Å²) in [6.07, 6.45) is 4.67. The van der Waals surface area contributed by atoms with E-state index in [1.54, 1.807) is 6.92 Å². The Morgan fingerprint density at radius 2 is 2.00 bits per heavy atom. The van der Waals surface area contributed by atoms with Gasteiger partial charge in [-0.1, -0.05) is 19.3 Å². The standard InChI is InChI=1S/C15H29N3O2/c1-12-10-18(9-8-17(12)11-13(2)19)14(20)15(16)6-4-3-5-7-15/h12-13,19H,3-11,16H2,1-2H3. The maximum absolute atomic E-state index is 12.7. The Bertz CT molecular complexity index is 340. The second kappa shape index (κ2) is 6.41. The van der Waals surface area contributed by atoms with Crippen molar-refractivity contribution in [1.82, 2.24) is 9.80 Å². The summed E-state index contributed by atoms with van der Waals surface area (Å²) < 4.78 is 0. The van der Waals surface area contributed by atoms with Crippen molar-refractivity contribution >= 4 is 5.91 Å². The number of nitrogens with zero attached hydrogens (tertiary/aromatic N) is 2. The van der Waals surface area contributed by atoms with Crippen molar-refractivity contribution in [3.63, 3.8) is 0 Å². The van der Waals surface area contributed by atoms with Crippen LogP contribution >= 0.6 is 0 Å². The summed E-state index contributed by atoms with van der Waals surface area (Å²) in [6.45, 7) is 6.89. The van der Waals surface area contributed by atoms with Gasteiger partial charge in [0.05, 0.1) is 11.6 Å². The first-order valence-corrected chi connectivity index (χ1v) is 7.93. The van der Waals surface area contributed by atoms with Gasteiger partial charge in [-0.25, -0.2) is 0 Å². The van der Waals surface area contributed by atoms with Crippen LogP contribution in [0.3, 0.4) is 0 Å². The van der Waals surface area contributed by atoms with Gasteiger partial charge in [-0.05, 0) is 26.7 Å². The molecule has 3 N–H and O–H groups in total. The number of nitrogens with two attached hydrogens (primary N) is 1. The smallest absolute Gasteiger partial charge is 0.242 e. The highest BCUT2D eigenvalue weighted by Gasteiger charge is 2.40. The monoisotopic (exact) mass is 283 g/mol. The normalized spacial score (nSPS) is 29.2. The fourth-order valence-corrected chi connectivity index (χ4v) is 3.50. The minimum absolute atomic E-state index is 0.140. The number of piperazine rings is 1. The molecule has 1 saturated heterocycles. The fraction of sp³-hybridized carbons (Fsp3) is 0.933. The number of aliphatic hydroxyl groups is 1. The van der Waals surface area contributed by atoms with Crippen molar-refractivity contribution in [2.45, 2.75) is 63.6 Å². The first-order chi connectivity index (χ1) is 9.42. The maximum atomic E-state index is 12.7. The van der Waals surface area contributed by atoms with E-state index >= 15 is 0 Å². The molecular weight excluding hydrogens is 254 g/mol. The molecule has 0 aromatic rings. The number of hydrogen-bond acceptors (Lipinski definition) is 4. The van der Waals surface area contributed by atoms with Crippen molar-refractivity contribution in [2.75, 3.05) is 26.2 Å². The van der Waals surface area contributed by atoms with E-state index in [0.717, 1.165) is 45.3 Å². The molecule has 0 aromatic carbocycles. The number of aliphatic hydroxyl groups excluding tert-OH is 1. The third-order valence-corrected chi connectivity index (χ3v) is 4.72. The van der Waals surface area contributed by atoms with E-state index in [9.17, 15) is 9.90 Å². The molecule has 1 saturated carbocycles. The third kappa shape index (κ3) is 3.51. The lowest BCUT2D eigenvalue weighted by molar-refractivity contribution is -0.141. The number of β-amino-alcohol motifs (C(OH)–C–C–N with tert-alkyl or cyclic N) is 1. The van der Waals surface area contributed by atoms with Gasteiger partial charge < -0.3 is 15.7 Å². The number of amides is 1. The molecule has 20 heavy (non-hydrogen) atoms. The summed E-state index contributed by atoms with van der Waals surface area (Å²) in [5, 5.41) is 9.50. The van der Waals surface area contributed by atoms with Gasteiger partial charge >= 0.3 is 0 Å². The van der Waals surface area contributed by atoms with Crippen molar-refractivity contribution in [1.29, 1.82) is 0 Å². The van der Waals surface area contributed by atoms with Crippen LogP contribution in [0, 0.1) is 0 Å². The molecule has 2 fully saturated rings. The van der Waals surface area contributed by atoms with E-state index in [2.05, 4.69) is 11.8 Å². The van der Waals surface area contributed by atoms with Gasteiger partial charge in [0, 0.05) is 32.2 Å². The molecule has 1 heterocycles. The van der Waals surface area contributed by atoms with Gasteiger partial charge in [-0.2, -0.15) is 0 Å². The van der Waals surface area contributed by atoms with Crippen LogP contribution in [0.15, 0.2) is 0 Å². The quantitative estimate of drug-likeness (QED) is 0.794. The van der Waals surface area contributed by atoms with Crippen molar-refractivity contribution in [2.24, 2.45) is 5.73 Å². The summed E-state index contributed by atoms with van der Waals surface area (Å²) in [6, 6.07) is 0.287. The van der Waals surface area contributed by atoms with Gasteiger partial charge in [0.1, 0.15) is 0 Å². The predicted molar refractivity (Wildman–Crippen MR) is 79.3 cm³/mol. The van der Waals surface area contributed by atoms with Crippen molar-refractivity contribution < 1.29 is 9.90 Å². The third-order valence-electron chi connectivity index (χ3n) is 4.72. The average molecular weight is 283 g/mol. The molecular formula is C15H29N3O2. The molecule has 2 unspecified atom stereocenters. The molecule has 2 atom stereocenters. The molecule has 5 nitrogen and oxygen atoms in total. The van der Waals surface area contributed by atoms with E-state index < -0.39 is 5.54 Å². The SMILES string of the molecule is CC(O)CN1CCN(C(=O)C2(N)CCCCC2)CC1C. The molecule has 5 heteroatoms. The number of carbonyl (C=O) groups is 1. The molecule has 2 rings (SSSR count). The maximum Gasteiger partial charge on any atom is 0.242 e. The zero-order valence-corrected chi connectivity index (χ0v) is 12.8. The highest BCUT2D eigenvalue weighted by Crippen LogP contribution is 2.28. The molecule has 0 spiro atoms. The summed E-state index contributed by atoms with van der Waals surface area (Å²) in [7, 11) is 0. The zero-order chi connectivity index (χ0) is 14.8. The van der Waals surface area contributed by atoms with Gasteiger partial charge in [-0.3, -0.25) is 9.69 Å². The van der Waals surface area contributed by atoms with E-state index in [1.807, 2.05) is 4.90 Å². The lowest BCUT2D eigenvalue weighted by Crippen LogP contribution is -2.62. The first-order valence-electron chi connectivity index (χ1n) is 7.93. The van der Waals surface area contributed by atoms with E-state index in [0.29, 0.717) is 6.54 Å². The fourth-order valence-electron chi connectivity index (χ4n) is 3.50. The van der Waals surface area contributed by atoms with Gasteiger partial charge in [-0.15, -0.1) is 0 Å². The second-order valence-corrected chi connectivity index (χ2v) is 6.66. The van der Waals surface area contributed by atoms with Crippen LogP contribution in [-0.4, -0.2) is 64.7 Å². The molecule has 1 amide bonds. The van der Waals surface area contributed by atoms with Gasteiger partial charge in [0.2, 0.25) is 5.91 Å². The lowest BCUT2D eigenvalue weighted by Gasteiger charge is -2.44. The Morgan fingerprint density at radius 1 is 1.35 bits per heavy atom. The van der Waals surface area contributed by atoms with Crippen LogP contribution in [0.1, 0.15) is 46.0 Å². The van der Waals surface area contributed by atoms with Crippen molar-refractivity contribution in [3.05, 3.63) is 0 Å².